The van der Waals surface area contributed by atoms with E-state index in [1.807, 2.05) is 24.3 Å². The van der Waals surface area contributed by atoms with Crippen LogP contribution in [0, 0.1) is 4.91 Å². The van der Waals surface area contributed by atoms with Gasteiger partial charge in [0.05, 0.1) is 11.4 Å². The van der Waals surface area contributed by atoms with E-state index in [-0.39, 0.29) is 0 Å². The Kier molecular flexibility index (Phi) is 3.38. The van der Waals surface area contributed by atoms with E-state index in [2.05, 4.69) is 17.1 Å². The minimum absolute atomic E-state index is 0.351. The molecule has 0 atom stereocenters. The van der Waals surface area contributed by atoms with Crippen molar-refractivity contribution in [2.45, 2.75) is 0 Å². The molecule has 0 aliphatic rings. The van der Waals surface area contributed by atoms with Gasteiger partial charge in [-0.15, -0.1) is 4.91 Å². The van der Waals surface area contributed by atoms with Crippen molar-refractivity contribution >= 4 is 22.8 Å². The summed E-state index contributed by atoms with van der Waals surface area (Å²) in [5.74, 6) is 0. The minimum atomic E-state index is 0.351. The van der Waals surface area contributed by atoms with Crippen molar-refractivity contribution in [1.29, 1.82) is 0 Å². The average Bonchev–Trinajstić information content (AvgIpc) is 2.41. The zero-order chi connectivity index (χ0) is 13.0. The molecule has 18 heavy (non-hydrogen) atoms. The second kappa shape index (κ2) is 5.14. The van der Waals surface area contributed by atoms with Crippen LogP contribution in [0.5, 0.6) is 0 Å². The number of anilines is 2. The smallest absolute Gasteiger partial charge is 0.117 e. The van der Waals surface area contributed by atoms with Crippen LogP contribution < -0.4 is 11.1 Å². The quantitative estimate of drug-likeness (QED) is 0.630. The van der Waals surface area contributed by atoms with Gasteiger partial charge in [-0.3, -0.25) is 0 Å². The molecular formula is C14H13N3O. The molecule has 4 nitrogen and oxygen atoms in total. The molecule has 0 radical (unpaired) electrons. The van der Waals surface area contributed by atoms with Crippen molar-refractivity contribution in [2.75, 3.05) is 11.1 Å². The Balaban J connectivity index is 2.28. The van der Waals surface area contributed by atoms with Crippen LogP contribution in [-0.4, -0.2) is 0 Å². The highest BCUT2D eigenvalue weighted by Gasteiger charge is 2.07. The van der Waals surface area contributed by atoms with Crippen LogP contribution in [0.4, 0.5) is 17.1 Å². The van der Waals surface area contributed by atoms with Crippen LogP contribution in [-0.2, 0) is 0 Å². The summed E-state index contributed by atoms with van der Waals surface area (Å²) in [7, 11) is 0. The highest BCUT2D eigenvalue weighted by molar-refractivity contribution is 5.84. The molecule has 0 heterocycles. The van der Waals surface area contributed by atoms with Gasteiger partial charge in [0.15, 0.2) is 0 Å². The van der Waals surface area contributed by atoms with E-state index in [0.29, 0.717) is 22.6 Å². The third kappa shape index (κ3) is 2.38. The second-order valence-electron chi connectivity index (χ2n) is 3.80. The molecule has 4 heteroatoms. The van der Waals surface area contributed by atoms with Crippen LogP contribution in [0.15, 0.2) is 60.3 Å². The fraction of sp³-hybridized carbons (Fsp3) is 0. The van der Waals surface area contributed by atoms with Gasteiger partial charge in [-0.05, 0) is 23.4 Å². The maximum atomic E-state index is 10.7. The van der Waals surface area contributed by atoms with Gasteiger partial charge in [-0.25, -0.2) is 0 Å². The normalized spacial score (nSPS) is 9.78. The first-order chi connectivity index (χ1) is 8.72. The SMILES string of the molecule is C=C(Nc1ccccc1N)c1ccccc1N=O. The summed E-state index contributed by atoms with van der Waals surface area (Å²) < 4.78 is 0. The summed E-state index contributed by atoms with van der Waals surface area (Å²) in [5, 5.41) is 6.06. The molecule has 0 spiro atoms. The Morgan fingerprint density at radius 3 is 2.50 bits per heavy atom. The first-order valence-electron chi connectivity index (χ1n) is 5.45. The number of nitrogens with zero attached hydrogens (tertiary/aromatic N) is 1. The summed E-state index contributed by atoms with van der Waals surface area (Å²) in [6.07, 6.45) is 0. The number of rotatable bonds is 4. The zero-order valence-electron chi connectivity index (χ0n) is 9.76. The predicted molar refractivity (Wildman–Crippen MR) is 75.4 cm³/mol. The Labute approximate surface area is 105 Å². The molecule has 0 aliphatic heterocycles. The van der Waals surface area contributed by atoms with Crippen molar-refractivity contribution in [2.24, 2.45) is 5.18 Å². The molecule has 2 aromatic rings. The lowest BCUT2D eigenvalue weighted by atomic mass is 10.1. The molecule has 0 bridgehead atoms. The Hall–Kier alpha value is -2.62. The highest BCUT2D eigenvalue weighted by Crippen LogP contribution is 2.28. The molecule has 2 rings (SSSR count). The summed E-state index contributed by atoms with van der Waals surface area (Å²) in [4.78, 5) is 10.7. The van der Waals surface area contributed by atoms with E-state index in [0.717, 1.165) is 5.69 Å². The van der Waals surface area contributed by atoms with Crippen molar-refractivity contribution in [3.8, 4) is 0 Å². The van der Waals surface area contributed by atoms with Gasteiger partial charge < -0.3 is 11.1 Å². The molecule has 0 amide bonds. The standard InChI is InChI=1S/C14H13N3O/c1-10(11-6-2-4-8-13(11)17-18)16-14-9-5-3-7-12(14)15/h2-9,16H,1,15H2. The number of benzene rings is 2. The molecule has 0 saturated carbocycles. The summed E-state index contributed by atoms with van der Waals surface area (Å²) in [6.45, 7) is 3.90. The molecule has 0 unspecified atom stereocenters. The maximum Gasteiger partial charge on any atom is 0.117 e. The van der Waals surface area contributed by atoms with E-state index < -0.39 is 0 Å². The van der Waals surface area contributed by atoms with Crippen molar-refractivity contribution in [3.63, 3.8) is 0 Å². The fourth-order valence-electron chi connectivity index (χ4n) is 1.65. The lowest BCUT2D eigenvalue weighted by Gasteiger charge is -2.12. The van der Waals surface area contributed by atoms with Gasteiger partial charge in [-0.2, -0.15) is 0 Å². The third-order valence-corrected chi connectivity index (χ3v) is 2.57. The lowest BCUT2D eigenvalue weighted by molar-refractivity contribution is 1.44. The fourth-order valence-corrected chi connectivity index (χ4v) is 1.65. The van der Waals surface area contributed by atoms with E-state index in [1.54, 1.807) is 24.3 Å². The number of nitroso groups, excluding NO2 is 1. The highest BCUT2D eigenvalue weighted by atomic mass is 16.3. The van der Waals surface area contributed by atoms with Gasteiger partial charge in [0.1, 0.15) is 5.69 Å². The van der Waals surface area contributed by atoms with Gasteiger partial charge in [0.2, 0.25) is 0 Å². The van der Waals surface area contributed by atoms with E-state index >= 15 is 0 Å². The Bertz CT molecular complexity index is 593. The molecule has 2 aromatic carbocycles. The number of nitrogen functional groups attached to an aromatic ring is 1. The van der Waals surface area contributed by atoms with E-state index in [9.17, 15) is 4.91 Å². The van der Waals surface area contributed by atoms with Gasteiger partial charge >= 0.3 is 0 Å². The maximum absolute atomic E-state index is 10.7. The number of nitrogens with one attached hydrogen (secondary N) is 1. The Morgan fingerprint density at radius 1 is 1.11 bits per heavy atom. The first-order valence-corrected chi connectivity index (χ1v) is 5.45. The van der Waals surface area contributed by atoms with Crippen molar-refractivity contribution in [3.05, 3.63) is 65.6 Å². The number of hydrogen-bond donors (Lipinski definition) is 2. The number of para-hydroxylation sites is 2. The summed E-state index contributed by atoms with van der Waals surface area (Å²) >= 11 is 0. The molecular weight excluding hydrogens is 226 g/mol. The topological polar surface area (TPSA) is 67.5 Å². The molecule has 0 fully saturated rings. The Morgan fingerprint density at radius 2 is 1.78 bits per heavy atom. The van der Waals surface area contributed by atoms with E-state index in [1.165, 1.54) is 0 Å². The van der Waals surface area contributed by atoms with Crippen LogP contribution in [0.1, 0.15) is 5.56 Å². The second-order valence-corrected chi connectivity index (χ2v) is 3.80. The number of nitrogens with two attached hydrogens (primary N) is 1. The van der Waals surface area contributed by atoms with E-state index in [4.69, 9.17) is 5.73 Å². The molecule has 0 aliphatic carbocycles. The van der Waals surface area contributed by atoms with Crippen molar-refractivity contribution in [1.82, 2.24) is 0 Å². The largest absolute Gasteiger partial charge is 0.397 e. The summed E-state index contributed by atoms with van der Waals surface area (Å²) in [5.41, 5.74) is 8.80. The zero-order valence-corrected chi connectivity index (χ0v) is 9.76. The van der Waals surface area contributed by atoms with Gasteiger partial charge in [0.25, 0.3) is 0 Å². The van der Waals surface area contributed by atoms with Gasteiger partial charge in [0, 0.05) is 11.3 Å². The van der Waals surface area contributed by atoms with Crippen LogP contribution >= 0.6 is 0 Å². The van der Waals surface area contributed by atoms with Crippen LogP contribution in [0.3, 0.4) is 0 Å². The number of hydrogen-bond acceptors (Lipinski definition) is 4. The average molecular weight is 239 g/mol. The molecule has 0 aromatic heterocycles. The van der Waals surface area contributed by atoms with Crippen molar-refractivity contribution < 1.29 is 0 Å². The predicted octanol–water partition coefficient (Wildman–Crippen LogP) is 3.75. The monoisotopic (exact) mass is 239 g/mol. The third-order valence-electron chi connectivity index (χ3n) is 2.57. The summed E-state index contributed by atoms with van der Waals surface area (Å²) in [6, 6.07) is 14.4. The molecule has 0 saturated heterocycles. The molecule has 90 valence electrons. The van der Waals surface area contributed by atoms with Gasteiger partial charge in [-0.1, -0.05) is 36.9 Å². The van der Waals surface area contributed by atoms with Crippen LogP contribution in [0.2, 0.25) is 0 Å². The minimum Gasteiger partial charge on any atom is -0.397 e. The lowest BCUT2D eigenvalue weighted by Crippen LogP contribution is -2.00. The first kappa shape index (κ1) is 11.9. The van der Waals surface area contributed by atoms with Crippen LogP contribution in [0.25, 0.3) is 5.70 Å². The molecule has 3 N–H and O–H groups in total.